The van der Waals surface area contributed by atoms with E-state index in [0.29, 0.717) is 0 Å². The van der Waals surface area contributed by atoms with Crippen LogP contribution in [0.2, 0.25) is 0 Å². The predicted octanol–water partition coefficient (Wildman–Crippen LogP) is 1.95. The van der Waals surface area contributed by atoms with Crippen molar-refractivity contribution in [2.75, 3.05) is 7.11 Å². The van der Waals surface area contributed by atoms with E-state index in [2.05, 4.69) is 4.74 Å². The maximum atomic E-state index is 11.7. The summed E-state index contributed by atoms with van der Waals surface area (Å²) in [7, 11) is 1.15. The summed E-state index contributed by atoms with van der Waals surface area (Å²) in [5.74, 6) is -0.712. The average Bonchev–Trinajstić information content (AvgIpc) is 2.36. The van der Waals surface area contributed by atoms with Crippen molar-refractivity contribution in [2.45, 2.75) is 19.3 Å². The van der Waals surface area contributed by atoms with Gasteiger partial charge in [-0.1, -0.05) is 0 Å². The van der Waals surface area contributed by atoms with E-state index in [1.54, 1.807) is 0 Å². The fourth-order valence-electron chi connectivity index (χ4n) is 1.66. The molecule has 0 spiro atoms. The number of nitro groups is 2. The van der Waals surface area contributed by atoms with Crippen LogP contribution in [0.4, 0.5) is 11.4 Å². The highest BCUT2D eigenvalue weighted by Gasteiger charge is 2.38. The topological polar surface area (TPSA) is 113 Å². The molecular weight excluding hydrogens is 256 g/mol. The molecule has 102 valence electrons. The van der Waals surface area contributed by atoms with Crippen LogP contribution < -0.4 is 0 Å². The van der Waals surface area contributed by atoms with Gasteiger partial charge in [-0.05, 0) is 13.8 Å². The molecule has 0 aliphatic rings. The lowest BCUT2D eigenvalue weighted by atomic mass is 9.83. The van der Waals surface area contributed by atoms with Crippen molar-refractivity contribution in [1.82, 2.24) is 0 Å². The van der Waals surface area contributed by atoms with Gasteiger partial charge in [0.25, 0.3) is 11.4 Å². The van der Waals surface area contributed by atoms with Crippen LogP contribution in [-0.4, -0.2) is 22.9 Å². The van der Waals surface area contributed by atoms with Crippen LogP contribution in [0.5, 0.6) is 0 Å². The fourth-order valence-corrected chi connectivity index (χ4v) is 1.66. The molecule has 0 aromatic heterocycles. The van der Waals surface area contributed by atoms with Gasteiger partial charge in [0, 0.05) is 18.2 Å². The van der Waals surface area contributed by atoms with Crippen molar-refractivity contribution < 1.29 is 19.4 Å². The number of nitro benzene ring substituents is 2. The quantitative estimate of drug-likeness (QED) is 0.468. The molecule has 0 aliphatic carbocycles. The molecule has 1 aromatic carbocycles. The summed E-state index contributed by atoms with van der Waals surface area (Å²) in [6, 6.07) is 3.06. The Labute approximate surface area is 108 Å². The second-order valence-electron chi connectivity index (χ2n) is 4.33. The number of hydrogen-bond acceptors (Lipinski definition) is 6. The first-order chi connectivity index (χ1) is 8.71. The van der Waals surface area contributed by atoms with Crippen molar-refractivity contribution in [2.24, 2.45) is 0 Å². The van der Waals surface area contributed by atoms with Gasteiger partial charge in [0.05, 0.1) is 27.9 Å². The zero-order chi connectivity index (χ0) is 14.8. The van der Waals surface area contributed by atoms with Crippen molar-refractivity contribution in [1.29, 1.82) is 0 Å². The first-order valence-corrected chi connectivity index (χ1v) is 5.23. The number of benzene rings is 1. The number of esters is 1. The molecule has 0 saturated heterocycles. The number of non-ortho nitro benzene ring substituents is 1. The first-order valence-electron chi connectivity index (χ1n) is 5.23. The van der Waals surface area contributed by atoms with Gasteiger partial charge >= 0.3 is 5.97 Å². The van der Waals surface area contributed by atoms with Crippen LogP contribution in [0.1, 0.15) is 19.4 Å². The summed E-state index contributed by atoms with van der Waals surface area (Å²) in [4.78, 5) is 32.0. The molecule has 8 nitrogen and oxygen atoms in total. The van der Waals surface area contributed by atoms with Gasteiger partial charge in [-0.3, -0.25) is 25.0 Å². The van der Waals surface area contributed by atoms with Gasteiger partial charge in [0.1, 0.15) is 0 Å². The zero-order valence-corrected chi connectivity index (χ0v) is 10.6. The third kappa shape index (κ3) is 2.67. The maximum Gasteiger partial charge on any atom is 0.315 e. The number of carbonyl (C=O) groups is 1. The number of methoxy groups -OCH3 is 1. The monoisotopic (exact) mass is 268 g/mol. The van der Waals surface area contributed by atoms with E-state index in [4.69, 9.17) is 0 Å². The molecular formula is C11H12N2O6. The molecule has 1 rings (SSSR count). The smallest absolute Gasteiger partial charge is 0.315 e. The van der Waals surface area contributed by atoms with E-state index in [-0.39, 0.29) is 16.9 Å². The van der Waals surface area contributed by atoms with Crippen LogP contribution in [-0.2, 0) is 14.9 Å². The summed E-state index contributed by atoms with van der Waals surface area (Å²) in [5.41, 5.74) is -2.10. The van der Waals surface area contributed by atoms with Crippen LogP contribution in [0, 0.1) is 20.2 Å². The Morgan fingerprint density at radius 2 is 1.79 bits per heavy atom. The zero-order valence-electron chi connectivity index (χ0n) is 10.6. The number of hydrogen-bond donors (Lipinski definition) is 0. The standard InChI is InChI=1S/C11H12N2O6/c1-11(2,10(14)19-3)8-6-7(12(15)16)4-5-9(8)13(17)18/h4-6H,1-3H3. The Bertz CT molecular complexity index is 552. The van der Waals surface area contributed by atoms with E-state index in [1.165, 1.54) is 13.8 Å². The maximum absolute atomic E-state index is 11.7. The van der Waals surface area contributed by atoms with Gasteiger partial charge < -0.3 is 4.74 Å². The highest BCUT2D eigenvalue weighted by molar-refractivity contribution is 5.84. The third-order valence-electron chi connectivity index (χ3n) is 2.76. The number of rotatable bonds is 4. The molecule has 1 aromatic rings. The number of carbonyl (C=O) groups excluding carboxylic acids is 1. The van der Waals surface area contributed by atoms with E-state index in [0.717, 1.165) is 25.3 Å². The summed E-state index contributed by atoms with van der Waals surface area (Å²) in [5, 5.41) is 21.7. The van der Waals surface area contributed by atoms with E-state index in [1.807, 2.05) is 0 Å². The second kappa shape index (κ2) is 5.01. The molecule has 0 unspecified atom stereocenters. The molecule has 0 bridgehead atoms. The predicted molar refractivity (Wildman–Crippen MR) is 64.8 cm³/mol. The Morgan fingerprint density at radius 3 is 2.21 bits per heavy atom. The fraction of sp³-hybridized carbons (Fsp3) is 0.364. The molecule has 0 aliphatic heterocycles. The first kappa shape index (κ1) is 14.6. The highest BCUT2D eigenvalue weighted by atomic mass is 16.6. The third-order valence-corrected chi connectivity index (χ3v) is 2.76. The molecule has 0 N–H and O–H groups in total. The Morgan fingerprint density at radius 1 is 1.21 bits per heavy atom. The van der Waals surface area contributed by atoms with Gasteiger partial charge in [-0.25, -0.2) is 0 Å². The van der Waals surface area contributed by atoms with Crippen molar-refractivity contribution >= 4 is 17.3 Å². The molecule has 19 heavy (non-hydrogen) atoms. The van der Waals surface area contributed by atoms with E-state index in [9.17, 15) is 25.0 Å². The second-order valence-corrected chi connectivity index (χ2v) is 4.33. The summed E-state index contributed by atoms with van der Waals surface area (Å²) in [6.07, 6.45) is 0. The largest absolute Gasteiger partial charge is 0.468 e. The van der Waals surface area contributed by atoms with Gasteiger partial charge in [-0.15, -0.1) is 0 Å². The Balaban J connectivity index is 3.53. The van der Waals surface area contributed by atoms with E-state index >= 15 is 0 Å². The molecule has 0 atom stereocenters. The number of nitrogens with zero attached hydrogens (tertiary/aromatic N) is 2. The van der Waals surface area contributed by atoms with Gasteiger partial charge in [0.2, 0.25) is 0 Å². The van der Waals surface area contributed by atoms with Crippen LogP contribution in [0.3, 0.4) is 0 Å². The van der Waals surface area contributed by atoms with Gasteiger partial charge in [-0.2, -0.15) is 0 Å². The minimum absolute atomic E-state index is 0.0569. The minimum Gasteiger partial charge on any atom is -0.468 e. The summed E-state index contributed by atoms with van der Waals surface area (Å²) >= 11 is 0. The van der Waals surface area contributed by atoms with Crippen LogP contribution >= 0.6 is 0 Å². The minimum atomic E-state index is -1.36. The Hall–Kier alpha value is -2.51. The van der Waals surface area contributed by atoms with Crippen LogP contribution in [0.25, 0.3) is 0 Å². The number of ether oxygens (including phenoxy) is 1. The lowest BCUT2D eigenvalue weighted by molar-refractivity contribution is -0.390. The summed E-state index contributed by atoms with van der Waals surface area (Å²) < 4.78 is 4.57. The highest BCUT2D eigenvalue weighted by Crippen LogP contribution is 2.35. The summed E-state index contributed by atoms with van der Waals surface area (Å²) in [6.45, 7) is 2.82. The van der Waals surface area contributed by atoms with Crippen molar-refractivity contribution in [3.05, 3.63) is 44.0 Å². The normalized spacial score (nSPS) is 10.9. The molecule has 0 amide bonds. The lowest BCUT2D eigenvalue weighted by Gasteiger charge is -2.21. The molecule has 0 radical (unpaired) electrons. The molecule has 0 saturated carbocycles. The molecule has 0 fully saturated rings. The molecule has 8 heteroatoms. The Kier molecular flexibility index (Phi) is 3.83. The SMILES string of the molecule is COC(=O)C(C)(C)c1cc([N+](=O)[O-])ccc1[N+](=O)[O-]. The average molecular weight is 268 g/mol. The van der Waals surface area contributed by atoms with Gasteiger partial charge in [0.15, 0.2) is 0 Å². The lowest BCUT2D eigenvalue weighted by Crippen LogP contribution is -2.31. The molecule has 0 heterocycles. The van der Waals surface area contributed by atoms with Crippen molar-refractivity contribution in [3.8, 4) is 0 Å². The van der Waals surface area contributed by atoms with Crippen LogP contribution in [0.15, 0.2) is 18.2 Å². The van der Waals surface area contributed by atoms with Crippen molar-refractivity contribution in [3.63, 3.8) is 0 Å². The van der Waals surface area contributed by atoms with E-state index < -0.39 is 21.2 Å².